The summed E-state index contributed by atoms with van der Waals surface area (Å²) in [7, 11) is 0. The predicted molar refractivity (Wildman–Crippen MR) is 108 cm³/mol. The molecule has 1 aliphatic rings. The van der Waals surface area contributed by atoms with E-state index in [1.807, 2.05) is 0 Å². The summed E-state index contributed by atoms with van der Waals surface area (Å²) in [6.07, 6.45) is 4.61. The van der Waals surface area contributed by atoms with Gasteiger partial charge in [-0.25, -0.2) is 4.98 Å². The highest BCUT2D eigenvalue weighted by molar-refractivity contribution is 7.18. The van der Waals surface area contributed by atoms with Gasteiger partial charge in [-0.05, 0) is 54.5 Å². The van der Waals surface area contributed by atoms with Crippen LogP contribution in [0.25, 0.3) is 21.3 Å². The molecule has 3 aromatic rings. The molecule has 0 aliphatic heterocycles. The zero-order valence-electron chi connectivity index (χ0n) is 14.5. The lowest BCUT2D eigenvalue weighted by Crippen LogP contribution is -2.14. The van der Waals surface area contributed by atoms with Gasteiger partial charge in [0.05, 0.1) is 15.3 Å². The summed E-state index contributed by atoms with van der Waals surface area (Å²) in [5.41, 5.74) is 1.66. The van der Waals surface area contributed by atoms with E-state index in [0.29, 0.717) is 27.5 Å². The number of aromatic nitrogens is 2. The standard InChI is InChI=1S/C19H16ClN3O3S/c1-10-2-7-13-15(8-10)27-19-16(13)18(24)21-17(22-19)14(20)9-11-3-5-12(6-4-11)23(25)26/h3-6,9-10H,2,7-8H2,1H3,(H,21,22,24)/b14-9-/t10-/m0/s1. The first kappa shape index (κ1) is 17.9. The zero-order valence-corrected chi connectivity index (χ0v) is 16.1. The molecule has 2 heterocycles. The smallest absolute Gasteiger partial charge is 0.269 e. The van der Waals surface area contributed by atoms with Gasteiger partial charge in [-0.15, -0.1) is 11.3 Å². The number of H-pyrrole nitrogens is 1. The number of thiophene rings is 1. The molecule has 138 valence electrons. The maximum atomic E-state index is 12.6. The number of hydrogen-bond acceptors (Lipinski definition) is 5. The molecule has 0 amide bonds. The number of aryl methyl sites for hydroxylation is 1. The Kier molecular flexibility index (Phi) is 4.57. The molecule has 0 fully saturated rings. The Labute approximate surface area is 163 Å². The van der Waals surface area contributed by atoms with Crippen LogP contribution in [0.2, 0.25) is 0 Å². The molecule has 8 heteroatoms. The predicted octanol–water partition coefficient (Wildman–Crippen LogP) is 4.75. The Balaban J connectivity index is 1.73. The van der Waals surface area contributed by atoms with Crippen molar-refractivity contribution in [1.82, 2.24) is 9.97 Å². The first-order valence-corrected chi connectivity index (χ1v) is 9.78. The van der Waals surface area contributed by atoms with Crippen LogP contribution in [0.3, 0.4) is 0 Å². The van der Waals surface area contributed by atoms with Crippen molar-refractivity contribution in [2.24, 2.45) is 5.92 Å². The molecule has 0 spiro atoms. The summed E-state index contributed by atoms with van der Waals surface area (Å²) in [6, 6.07) is 6.01. The second kappa shape index (κ2) is 6.90. The normalized spacial score (nSPS) is 17.1. The minimum Gasteiger partial charge on any atom is -0.305 e. The van der Waals surface area contributed by atoms with Gasteiger partial charge >= 0.3 is 0 Å². The van der Waals surface area contributed by atoms with Crippen LogP contribution in [-0.2, 0) is 12.8 Å². The maximum absolute atomic E-state index is 12.6. The molecule has 4 rings (SSSR count). The topological polar surface area (TPSA) is 88.9 Å². The Hall–Kier alpha value is -2.51. The van der Waals surface area contributed by atoms with Gasteiger partial charge in [0, 0.05) is 17.0 Å². The monoisotopic (exact) mass is 401 g/mol. The molecule has 0 unspecified atom stereocenters. The first-order chi connectivity index (χ1) is 12.9. The largest absolute Gasteiger partial charge is 0.305 e. The van der Waals surface area contributed by atoms with Crippen LogP contribution in [-0.4, -0.2) is 14.9 Å². The number of aromatic amines is 1. The van der Waals surface area contributed by atoms with E-state index in [9.17, 15) is 14.9 Å². The van der Waals surface area contributed by atoms with Gasteiger partial charge in [0.2, 0.25) is 0 Å². The number of benzene rings is 1. The van der Waals surface area contributed by atoms with Crippen LogP contribution in [0.15, 0.2) is 29.1 Å². The highest BCUT2D eigenvalue weighted by Gasteiger charge is 2.23. The van der Waals surface area contributed by atoms with Crippen molar-refractivity contribution in [3.63, 3.8) is 0 Å². The van der Waals surface area contributed by atoms with Gasteiger partial charge in [-0.2, -0.15) is 0 Å². The molecule has 0 bridgehead atoms. The molecular weight excluding hydrogens is 386 g/mol. The summed E-state index contributed by atoms with van der Waals surface area (Å²) < 4.78 is 0. The summed E-state index contributed by atoms with van der Waals surface area (Å²) in [6.45, 7) is 2.22. The van der Waals surface area contributed by atoms with E-state index in [-0.39, 0.29) is 16.3 Å². The van der Waals surface area contributed by atoms with Crippen molar-refractivity contribution < 1.29 is 4.92 Å². The van der Waals surface area contributed by atoms with Crippen molar-refractivity contribution in [2.45, 2.75) is 26.2 Å². The average Bonchev–Trinajstić information content (AvgIpc) is 2.99. The average molecular weight is 402 g/mol. The molecule has 1 atom stereocenters. The van der Waals surface area contributed by atoms with Crippen molar-refractivity contribution in [3.05, 3.63) is 66.6 Å². The van der Waals surface area contributed by atoms with Crippen LogP contribution in [0.4, 0.5) is 5.69 Å². The number of rotatable bonds is 3. The van der Waals surface area contributed by atoms with E-state index < -0.39 is 4.92 Å². The fourth-order valence-electron chi connectivity index (χ4n) is 3.37. The number of non-ortho nitro benzene ring substituents is 1. The maximum Gasteiger partial charge on any atom is 0.269 e. The molecule has 2 aromatic heterocycles. The van der Waals surface area contributed by atoms with Gasteiger partial charge in [-0.3, -0.25) is 14.9 Å². The molecule has 0 saturated carbocycles. The van der Waals surface area contributed by atoms with Crippen LogP contribution >= 0.6 is 22.9 Å². The van der Waals surface area contributed by atoms with Gasteiger partial charge < -0.3 is 4.98 Å². The number of hydrogen-bond donors (Lipinski definition) is 1. The van der Waals surface area contributed by atoms with Crippen LogP contribution < -0.4 is 5.56 Å². The Morgan fingerprint density at radius 2 is 2.15 bits per heavy atom. The lowest BCUT2D eigenvalue weighted by Gasteiger charge is -2.17. The van der Waals surface area contributed by atoms with E-state index >= 15 is 0 Å². The lowest BCUT2D eigenvalue weighted by atomic mass is 9.89. The molecular formula is C19H16ClN3O3S. The van der Waals surface area contributed by atoms with Crippen molar-refractivity contribution in [1.29, 1.82) is 0 Å². The van der Waals surface area contributed by atoms with Gasteiger partial charge in [0.15, 0.2) is 5.82 Å². The second-order valence-electron chi connectivity index (χ2n) is 6.79. The van der Waals surface area contributed by atoms with Gasteiger partial charge in [0.1, 0.15) is 4.83 Å². The van der Waals surface area contributed by atoms with E-state index in [1.165, 1.54) is 17.0 Å². The Bertz CT molecular complexity index is 1130. The van der Waals surface area contributed by atoms with Crippen LogP contribution in [0.1, 0.15) is 35.2 Å². The summed E-state index contributed by atoms with van der Waals surface area (Å²) in [5, 5.41) is 11.7. The Morgan fingerprint density at radius 1 is 1.41 bits per heavy atom. The van der Waals surface area contributed by atoms with Crippen LogP contribution in [0.5, 0.6) is 0 Å². The number of nitro benzene ring substituents is 1. The van der Waals surface area contributed by atoms with Gasteiger partial charge in [0.25, 0.3) is 11.2 Å². The first-order valence-electron chi connectivity index (χ1n) is 8.59. The van der Waals surface area contributed by atoms with E-state index in [0.717, 1.165) is 24.8 Å². The fraction of sp³-hybridized carbons (Fsp3) is 0.263. The third kappa shape index (κ3) is 3.40. The number of nitro groups is 1. The number of halogens is 1. The van der Waals surface area contributed by atoms with Crippen molar-refractivity contribution in [3.8, 4) is 0 Å². The number of nitrogens with zero attached hydrogens (tertiary/aromatic N) is 2. The third-order valence-corrected chi connectivity index (χ3v) is 6.23. The van der Waals surface area contributed by atoms with E-state index in [4.69, 9.17) is 11.6 Å². The molecule has 1 aromatic carbocycles. The lowest BCUT2D eigenvalue weighted by molar-refractivity contribution is -0.384. The SMILES string of the molecule is C[C@H]1CCc2c(sc3nc(/C(Cl)=C/c4ccc([N+](=O)[O-])cc4)[nH]c(=O)c23)C1. The molecule has 1 aliphatic carbocycles. The van der Waals surface area contributed by atoms with E-state index in [2.05, 4.69) is 16.9 Å². The van der Waals surface area contributed by atoms with Gasteiger partial charge in [-0.1, -0.05) is 18.5 Å². The quantitative estimate of drug-likeness (QED) is 0.506. The summed E-state index contributed by atoms with van der Waals surface area (Å²) >= 11 is 7.93. The molecule has 0 saturated heterocycles. The highest BCUT2D eigenvalue weighted by Crippen LogP contribution is 2.36. The summed E-state index contributed by atoms with van der Waals surface area (Å²) in [5.74, 6) is 0.925. The zero-order chi connectivity index (χ0) is 19.1. The van der Waals surface area contributed by atoms with E-state index in [1.54, 1.807) is 29.5 Å². The fourth-order valence-corrected chi connectivity index (χ4v) is 4.97. The molecule has 1 N–H and O–H groups in total. The summed E-state index contributed by atoms with van der Waals surface area (Å²) in [4.78, 5) is 32.2. The van der Waals surface area contributed by atoms with Crippen molar-refractivity contribution in [2.75, 3.05) is 0 Å². The minimum atomic E-state index is -0.457. The third-order valence-electron chi connectivity index (χ3n) is 4.79. The Morgan fingerprint density at radius 3 is 2.85 bits per heavy atom. The number of nitrogens with one attached hydrogen (secondary N) is 1. The number of fused-ring (bicyclic) bond motifs is 3. The molecule has 0 radical (unpaired) electrons. The second-order valence-corrected chi connectivity index (χ2v) is 8.28. The minimum absolute atomic E-state index is 0.00891. The molecule has 6 nitrogen and oxygen atoms in total. The van der Waals surface area contributed by atoms with Crippen molar-refractivity contribution >= 4 is 50.0 Å². The molecule has 27 heavy (non-hydrogen) atoms. The highest BCUT2D eigenvalue weighted by atomic mass is 35.5. The van der Waals surface area contributed by atoms with Crippen LogP contribution in [0, 0.1) is 16.0 Å².